The molecule has 0 aromatic heterocycles. The van der Waals surface area contributed by atoms with E-state index in [2.05, 4.69) is 283 Å². The van der Waals surface area contributed by atoms with Gasteiger partial charge in [-0.05, 0) is 212 Å². The van der Waals surface area contributed by atoms with Crippen molar-refractivity contribution in [2.45, 2.75) is 265 Å². The van der Waals surface area contributed by atoms with E-state index in [0.29, 0.717) is 67.0 Å². The van der Waals surface area contributed by atoms with Gasteiger partial charge in [-0.3, -0.25) is 9.59 Å². The lowest BCUT2D eigenvalue weighted by Gasteiger charge is -2.44. The first kappa shape index (κ1) is 86.2. The van der Waals surface area contributed by atoms with Crippen LogP contribution >= 0.6 is 22.6 Å². The lowest BCUT2D eigenvalue weighted by Crippen LogP contribution is -2.41. The minimum atomic E-state index is -0.0482. The van der Waals surface area contributed by atoms with E-state index in [9.17, 15) is 10.2 Å². The number of carbonyl (C=O) groups is 2. The van der Waals surface area contributed by atoms with Crippen LogP contribution in [0.25, 0.3) is 11.1 Å². The summed E-state index contributed by atoms with van der Waals surface area (Å²) in [7, 11) is 4.19. The minimum absolute atomic E-state index is 0.0182. The first-order valence-corrected chi connectivity index (χ1v) is 43.2. The van der Waals surface area contributed by atoms with Gasteiger partial charge in [0.05, 0.1) is 0 Å². The number of halogens is 1. The Balaban J connectivity index is 0.927. The molecule has 0 saturated heterocycles. The molecule has 4 aliphatic carbocycles. The van der Waals surface area contributed by atoms with Crippen molar-refractivity contribution in [2.24, 2.45) is 64.1 Å². The number of allylic oxidation sites excluding steroid dienone is 14. The van der Waals surface area contributed by atoms with Gasteiger partial charge in [0.25, 0.3) is 0 Å². The second-order valence-electron chi connectivity index (χ2n) is 35.2. The van der Waals surface area contributed by atoms with Crippen molar-refractivity contribution in [3.05, 3.63) is 252 Å². The Labute approximate surface area is 666 Å². The zero-order valence-corrected chi connectivity index (χ0v) is 71.3. The maximum Gasteiger partial charge on any atom is 0.223 e. The molecule has 1 fully saturated rings. The molecule has 0 bridgehead atoms. The molecule has 4 aromatic rings. The highest BCUT2D eigenvalue weighted by atomic mass is 127. The number of likely N-dealkylation sites (N-methyl/N-ethyl adjacent to an activating group) is 1. The average Bonchev–Trinajstić information content (AvgIpc) is 1.63. The predicted octanol–water partition coefficient (Wildman–Crippen LogP) is 27.1. The van der Waals surface area contributed by atoms with E-state index in [1.807, 2.05) is 18.0 Å². The first-order chi connectivity index (χ1) is 51.1. The van der Waals surface area contributed by atoms with Crippen LogP contribution in [-0.2, 0) is 35.3 Å². The predicted molar refractivity (Wildman–Crippen MR) is 471 cm³/mol. The molecule has 4 aliphatic rings. The molecular formula is C101H140IN3O2. The van der Waals surface area contributed by atoms with Crippen molar-refractivity contribution < 1.29 is 9.59 Å². The Hall–Kier alpha value is -6.38. The van der Waals surface area contributed by atoms with Gasteiger partial charge in [0, 0.05) is 96.3 Å². The van der Waals surface area contributed by atoms with Crippen LogP contribution in [0.3, 0.4) is 0 Å². The molecule has 13 atom stereocenters. The number of nitrogens with zero attached hydrogens (tertiary/aromatic N) is 2. The number of carbonyl (C=O) groups excluding carboxylic acids is 2. The van der Waals surface area contributed by atoms with Gasteiger partial charge < -0.3 is 15.2 Å². The Morgan fingerprint density at radius 2 is 1.41 bits per heavy atom. The summed E-state index contributed by atoms with van der Waals surface area (Å²) in [6, 6.07) is 34.4. The maximum absolute atomic E-state index is 15.1. The molecule has 4 aromatic carbocycles. The van der Waals surface area contributed by atoms with Crippen LogP contribution < -0.4 is 0 Å². The Morgan fingerprint density at radius 1 is 0.729 bits per heavy atom. The van der Waals surface area contributed by atoms with Crippen molar-refractivity contribution in [3.8, 4) is 11.1 Å². The highest BCUT2D eigenvalue weighted by Gasteiger charge is 2.43. The molecule has 1 amide bonds. The minimum Gasteiger partial charge on any atom is -0.374 e. The molecule has 0 heterocycles. The van der Waals surface area contributed by atoms with Crippen LogP contribution in [0.5, 0.6) is 0 Å². The number of amides is 1. The van der Waals surface area contributed by atoms with Crippen LogP contribution in [0.15, 0.2) is 213 Å². The van der Waals surface area contributed by atoms with Gasteiger partial charge in [-0.2, -0.15) is 0 Å². The number of hydrogen-bond donors (Lipinski definition) is 1. The number of aryl methyl sites for hydroxylation is 4. The van der Waals surface area contributed by atoms with Crippen LogP contribution in [0.1, 0.15) is 262 Å². The molecule has 0 radical (unpaired) electrons. The summed E-state index contributed by atoms with van der Waals surface area (Å²) >= 11 is 2.75. The molecule has 0 aliphatic heterocycles. The molecule has 107 heavy (non-hydrogen) atoms. The summed E-state index contributed by atoms with van der Waals surface area (Å²) in [5.74, 6) is 3.63. The van der Waals surface area contributed by atoms with Gasteiger partial charge in [-0.25, -0.2) is 0 Å². The fourth-order valence-electron chi connectivity index (χ4n) is 18.4. The fourth-order valence-corrected chi connectivity index (χ4v) is 19.1. The van der Waals surface area contributed by atoms with Gasteiger partial charge in [-0.15, -0.1) is 6.58 Å². The number of Topliss-reactive ketones (excluding diaryl/α,β-unsaturated/α-hetero) is 1. The van der Waals surface area contributed by atoms with Crippen LogP contribution in [-0.4, -0.2) is 57.3 Å². The molecule has 1 N–H and O–H groups in total. The third-order valence-electron chi connectivity index (χ3n) is 26.0. The van der Waals surface area contributed by atoms with Crippen LogP contribution in [0.4, 0.5) is 0 Å². The van der Waals surface area contributed by atoms with E-state index in [4.69, 9.17) is 13.2 Å². The second-order valence-corrected chi connectivity index (χ2v) is 36.4. The normalized spacial score (nSPS) is 20.0. The summed E-state index contributed by atoms with van der Waals surface area (Å²) < 4.78 is 0.227. The fraction of sp³-hybridized carbons (Fsp3) is 0.535. The monoisotopic (exact) mass is 1550 g/mol. The standard InChI is InChI=1S/C101H140IN3O2/c1-20-25-41-87(24-5)105(19)98(107)57-49-76-37-34-40-84(65-76)85(52-47-77-46-50-79(21-2)81(23-4)64-77)62-72(9)94-68-86(97(106)56-55-93-91-44-32-30-42-89(91)90-43-31-33-45-92(90)93)53-54-88(94)73(10)99(102)101(16,17)61-58-69(6)35-26-27-36-70(7)71(8)63-95(103)74(11)96(59-60-100(13,14)15)104(18)75(12)80(22-3)66-78-48-51-82-38-28-29-39-83(82)67-78/h24,26,28-35,37-40,42-46,48,50-51,64-65,67,70,72,74,80,82-83,85-88,93-94,96,99,103H,5-6,8,10,12,20-23,25,27,36,41,47,49,52-63,66,68H2,1-4,7,9,11,13-19H3/b35-26+,103-95?/t70?,72?,74?,80-,82?,83?,85-,86?,87+,88?,94-,96-,99?/m0/s1. The van der Waals surface area contributed by atoms with E-state index in [1.165, 1.54) is 66.9 Å². The van der Waals surface area contributed by atoms with Crippen molar-refractivity contribution >= 4 is 40.0 Å². The highest BCUT2D eigenvalue weighted by molar-refractivity contribution is 14.1. The summed E-state index contributed by atoms with van der Waals surface area (Å²) in [4.78, 5) is 33.2. The van der Waals surface area contributed by atoms with Crippen molar-refractivity contribution in [1.82, 2.24) is 9.80 Å². The number of benzene rings is 4. The van der Waals surface area contributed by atoms with Crippen molar-refractivity contribution in [3.63, 3.8) is 0 Å². The van der Waals surface area contributed by atoms with E-state index in [1.54, 1.807) is 0 Å². The largest absolute Gasteiger partial charge is 0.374 e. The molecule has 1 saturated carbocycles. The zero-order valence-electron chi connectivity index (χ0n) is 69.1. The number of alkyl halides is 1. The molecular weight excluding hydrogens is 1410 g/mol. The summed E-state index contributed by atoms with van der Waals surface area (Å²) in [5.41, 5.74) is 19.4. The summed E-state index contributed by atoms with van der Waals surface area (Å²) in [6.45, 7) is 51.3. The maximum atomic E-state index is 15.1. The van der Waals surface area contributed by atoms with E-state index >= 15 is 4.79 Å². The quantitative estimate of drug-likeness (QED) is 0.0158. The molecule has 578 valence electrons. The molecule has 0 spiro atoms. The topological polar surface area (TPSA) is 64.5 Å². The van der Waals surface area contributed by atoms with E-state index in [0.717, 1.165) is 145 Å². The average molecular weight is 1560 g/mol. The molecule has 6 heteroatoms. The Kier molecular flexibility index (Phi) is 33.1. The number of rotatable bonds is 44. The number of fused-ring (bicyclic) bond motifs is 4. The first-order valence-electron chi connectivity index (χ1n) is 42.0. The van der Waals surface area contributed by atoms with Crippen molar-refractivity contribution in [2.75, 3.05) is 14.1 Å². The lowest BCUT2D eigenvalue weighted by atomic mass is 9.62. The number of nitrogens with one attached hydrogen (secondary N) is 1. The van der Waals surface area contributed by atoms with Gasteiger partial charge in [-0.1, -0.05) is 319 Å². The smallest absolute Gasteiger partial charge is 0.223 e. The lowest BCUT2D eigenvalue weighted by molar-refractivity contribution is -0.131. The third-order valence-corrected chi connectivity index (χ3v) is 28.4. The third kappa shape index (κ3) is 23.8. The molecule has 8 rings (SSSR count). The highest BCUT2D eigenvalue weighted by Crippen LogP contribution is 2.52. The number of unbranched alkanes of at least 4 members (excludes halogenated alkanes) is 1. The summed E-state index contributed by atoms with van der Waals surface area (Å²) in [5, 5.41) is 9.63. The van der Waals surface area contributed by atoms with Crippen molar-refractivity contribution in [1.29, 1.82) is 5.41 Å². The Morgan fingerprint density at radius 3 is 2.07 bits per heavy atom. The van der Waals surface area contributed by atoms with Gasteiger partial charge >= 0.3 is 0 Å². The van der Waals surface area contributed by atoms with E-state index in [-0.39, 0.29) is 62.3 Å². The molecule has 5 nitrogen and oxygen atoms in total. The number of ketones is 1. The number of hydrogen-bond acceptors (Lipinski definition) is 4. The summed E-state index contributed by atoms with van der Waals surface area (Å²) in [6.07, 6.45) is 44.8. The zero-order chi connectivity index (χ0) is 77.7. The second kappa shape index (κ2) is 41.1. The van der Waals surface area contributed by atoms with Gasteiger partial charge in [0.2, 0.25) is 5.91 Å². The van der Waals surface area contributed by atoms with Crippen LogP contribution in [0, 0.1) is 69.5 Å². The van der Waals surface area contributed by atoms with Gasteiger partial charge in [0.15, 0.2) is 0 Å². The molecule has 8 unspecified atom stereocenters. The van der Waals surface area contributed by atoms with Gasteiger partial charge in [0.1, 0.15) is 5.78 Å². The Bertz CT molecular complexity index is 3790. The van der Waals surface area contributed by atoms with Crippen LogP contribution in [0.2, 0.25) is 0 Å². The SMILES string of the molecule is C=C[C@H](CCCC)N(C)C(=O)CCc1cccc([C@@H](CCc2ccc(CC)c(CC)c2)CC(C)[C@@H]2CC(C(=O)CCC3c4ccccc4-c4ccccc43)CCC2C(=C)C(I)C(C)(C)CCC(=C)/C=C/CCC(C)C(=C)CC(=N)C(C)[C@H](CCC(C)(C)C)N(C)C(=C)[C@@H](CC)CC2=CC3C=CC=CC3C=C2)c1. The van der Waals surface area contributed by atoms with E-state index < -0.39 is 0 Å².